The van der Waals surface area contributed by atoms with Gasteiger partial charge >= 0.3 is 0 Å². The van der Waals surface area contributed by atoms with Crippen LogP contribution in [-0.2, 0) is 4.79 Å². The summed E-state index contributed by atoms with van der Waals surface area (Å²) in [4.78, 5) is 32.4. The van der Waals surface area contributed by atoms with E-state index in [-0.39, 0.29) is 18.6 Å². The first-order valence-electron chi connectivity index (χ1n) is 9.61. The lowest BCUT2D eigenvalue weighted by Crippen LogP contribution is -2.44. The molecule has 150 valence electrons. The van der Waals surface area contributed by atoms with Gasteiger partial charge in [-0.15, -0.1) is 0 Å². The lowest BCUT2D eigenvalue weighted by Gasteiger charge is -2.39. The Morgan fingerprint density at radius 3 is 2.70 bits per heavy atom. The number of benzene rings is 2. The third kappa shape index (κ3) is 2.95. The molecule has 5 rings (SSSR count). The van der Waals surface area contributed by atoms with Gasteiger partial charge in [-0.1, -0.05) is 30.3 Å². The van der Waals surface area contributed by atoms with E-state index < -0.39 is 12.0 Å². The van der Waals surface area contributed by atoms with Crippen LogP contribution in [0.15, 0.2) is 66.9 Å². The molecule has 30 heavy (non-hydrogen) atoms. The summed E-state index contributed by atoms with van der Waals surface area (Å²) in [5.74, 6) is 0.739. The number of amides is 2. The van der Waals surface area contributed by atoms with Crippen LogP contribution in [0.5, 0.6) is 11.5 Å². The zero-order chi connectivity index (χ0) is 20.7. The molecule has 0 aliphatic carbocycles. The Kier molecular flexibility index (Phi) is 4.35. The molecule has 1 N–H and O–H groups in total. The first-order valence-corrected chi connectivity index (χ1v) is 9.61. The molecule has 0 radical (unpaired) electrons. The van der Waals surface area contributed by atoms with E-state index in [0.717, 1.165) is 5.56 Å². The fraction of sp³-hybridized carbons (Fsp3) is 0.174. The largest absolute Gasteiger partial charge is 0.454 e. The van der Waals surface area contributed by atoms with Crippen LogP contribution in [0.4, 0.5) is 5.82 Å². The fourth-order valence-corrected chi connectivity index (χ4v) is 4.11. The molecule has 7 heteroatoms. The van der Waals surface area contributed by atoms with Crippen LogP contribution in [0.1, 0.15) is 33.4 Å². The van der Waals surface area contributed by atoms with Crippen LogP contribution in [0.25, 0.3) is 0 Å². The van der Waals surface area contributed by atoms with Crippen LogP contribution in [-0.4, -0.2) is 35.5 Å². The summed E-state index contributed by atoms with van der Waals surface area (Å²) in [7, 11) is 1.72. The van der Waals surface area contributed by atoms with Gasteiger partial charge in [0, 0.05) is 18.8 Å². The molecule has 1 aromatic heterocycles. The average molecular weight is 401 g/mol. The molecule has 2 aliphatic heterocycles. The molecule has 3 heterocycles. The number of ether oxygens (including phenoxy) is 2. The molecule has 0 spiro atoms. The minimum Gasteiger partial charge on any atom is -0.454 e. The van der Waals surface area contributed by atoms with Gasteiger partial charge in [-0.3, -0.25) is 9.59 Å². The molecular formula is C23H19N3O4. The minimum atomic E-state index is -0.619. The maximum absolute atomic E-state index is 13.5. The summed E-state index contributed by atoms with van der Waals surface area (Å²) in [5.41, 5.74) is 2.01. The third-order valence-corrected chi connectivity index (χ3v) is 5.52. The van der Waals surface area contributed by atoms with Gasteiger partial charge in [-0.25, -0.2) is 4.98 Å². The van der Waals surface area contributed by atoms with Crippen LogP contribution in [0.3, 0.4) is 0 Å². The highest BCUT2D eigenvalue weighted by Crippen LogP contribution is 2.45. The highest BCUT2D eigenvalue weighted by atomic mass is 16.7. The number of fused-ring (bicyclic) bond motifs is 2. The number of nitrogens with zero attached hydrogens (tertiary/aromatic N) is 2. The van der Waals surface area contributed by atoms with E-state index in [0.29, 0.717) is 28.4 Å². The second kappa shape index (κ2) is 7.18. The van der Waals surface area contributed by atoms with Crippen molar-refractivity contribution in [1.29, 1.82) is 0 Å². The second-order valence-electron chi connectivity index (χ2n) is 7.24. The maximum atomic E-state index is 13.5. The summed E-state index contributed by atoms with van der Waals surface area (Å²) in [6, 6.07) is 17.6. The van der Waals surface area contributed by atoms with Crippen molar-refractivity contribution < 1.29 is 19.1 Å². The first-order chi connectivity index (χ1) is 14.6. The van der Waals surface area contributed by atoms with Crippen molar-refractivity contribution in [2.75, 3.05) is 19.2 Å². The molecule has 2 aliphatic rings. The molecule has 3 aromatic rings. The predicted octanol–water partition coefficient (Wildman–Crippen LogP) is 3.36. The third-order valence-electron chi connectivity index (χ3n) is 5.52. The fourth-order valence-electron chi connectivity index (χ4n) is 4.11. The molecule has 0 bridgehead atoms. The van der Waals surface area contributed by atoms with Gasteiger partial charge in [0.05, 0.1) is 12.0 Å². The number of rotatable bonds is 3. The van der Waals surface area contributed by atoms with Gasteiger partial charge in [-0.05, 0) is 41.5 Å². The number of anilines is 1. The van der Waals surface area contributed by atoms with Crippen molar-refractivity contribution in [1.82, 2.24) is 9.88 Å². The molecular weight excluding hydrogens is 382 g/mol. The summed E-state index contributed by atoms with van der Waals surface area (Å²) >= 11 is 0. The van der Waals surface area contributed by atoms with Gasteiger partial charge in [0.15, 0.2) is 11.5 Å². The van der Waals surface area contributed by atoms with Crippen molar-refractivity contribution in [2.24, 2.45) is 0 Å². The molecule has 0 saturated heterocycles. The van der Waals surface area contributed by atoms with E-state index >= 15 is 0 Å². The maximum Gasteiger partial charge on any atom is 0.254 e. The molecule has 0 unspecified atom stereocenters. The van der Waals surface area contributed by atoms with Gasteiger partial charge in [0.2, 0.25) is 12.7 Å². The zero-order valence-corrected chi connectivity index (χ0v) is 16.2. The Hall–Kier alpha value is -3.87. The normalized spacial score (nSPS) is 19.4. The number of carbonyl (C=O) groups is 2. The number of likely N-dealkylation sites (N-methyl/N-ethyl adjacent to an activating group) is 1. The van der Waals surface area contributed by atoms with Crippen molar-refractivity contribution in [3.05, 3.63) is 83.6 Å². The monoisotopic (exact) mass is 401 g/mol. The second-order valence-corrected chi connectivity index (χ2v) is 7.24. The molecule has 0 fully saturated rings. The van der Waals surface area contributed by atoms with Crippen molar-refractivity contribution in [3.8, 4) is 11.5 Å². The summed E-state index contributed by atoms with van der Waals surface area (Å²) in [6.07, 6.45) is 1.62. The zero-order valence-electron chi connectivity index (χ0n) is 16.2. The molecule has 0 saturated carbocycles. The number of aromatic nitrogens is 1. The number of hydrogen-bond donors (Lipinski definition) is 1. The SMILES string of the molecule is CN1C(=O)c2ccccc2[C@H](C(=O)Nc2ccccn2)[C@@H]1c1ccc2c(c1)OCO2. The minimum absolute atomic E-state index is 0.129. The van der Waals surface area contributed by atoms with Crippen LogP contribution in [0, 0.1) is 0 Å². The van der Waals surface area contributed by atoms with Crippen LogP contribution in [0.2, 0.25) is 0 Å². The van der Waals surface area contributed by atoms with Gasteiger partial charge in [0.25, 0.3) is 5.91 Å². The summed E-state index contributed by atoms with van der Waals surface area (Å²) < 4.78 is 10.9. The van der Waals surface area contributed by atoms with E-state index in [1.165, 1.54) is 0 Å². The quantitative estimate of drug-likeness (QED) is 0.728. The standard InChI is InChI=1S/C23H19N3O4/c1-26-21(14-9-10-17-18(12-14)30-13-29-17)20(15-6-2-3-7-16(15)23(26)28)22(27)25-19-8-4-5-11-24-19/h2-12,20-21H,13H2,1H3,(H,24,25,27)/t20-,21-/m0/s1. The number of hydrogen-bond acceptors (Lipinski definition) is 5. The Labute approximate surface area is 173 Å². The van der Waals surface area contributed by atoms with Crippen molar-refractivity contribution >= 4 is 17.6 Å². The Bertz CT molecular complexity index is 1130. The predicted molar refractivity (Wildman–Crippen MR) is 109 cm³/mol. The molecule has 2 atom stereocenters. The number of carbonyl (C=O) groups excluding carboxylic acids is 2. The summed E-state index contributed by atoms with van der Waals surface area (Å²) in [6.45, 7) is 0.157. The van der Waals surface area contributed by atoms with E-state index in [9.17, 15) is 9.59 Å². The first kappa shape index (κ1) is 18.2. The topological polar surface area (TPSA) is 80.8 Å². The van der Waals surface area contributed by atoms with E-state index in [1.54, 1.807) is 42.4 Å². The summed E-state index contributed by atoms with van der Waals surface area (Å²) in [5, 5.41) is 2.90. The Balaban J connectivity index is 1.61. The lowest BCUT2D eigenvalue weighted by molar-refractivity contribution is -0.119. The van der Waals surface area contributed by atoms with Crippen LogP contribution < -0.4 is 14.8 Å². The Morgan fingerprint density at radius 2 is 1.87 bits per heavy atom. The lowest BCUT2D eigenvalue weighted by atomic mass is 9.79. The van der Waals surface area contributed by atoms with Crippen molar-refractivity contribution in [3.63, 3.8) is 0 Å². The van der Waals surface area contributed by atoms with Gasteiger partial charge in [0.1, 0.15) is 5.82 Å². The smallest absolute Gasteiger partial charge is 0.254 e. The number of pyridine rings is 1. The van der Waals surface area contributed by atoms with Crippen LogP contribution >= 0.6 is 0 Å². The van der Waals surface area contributed by atoms with E-state index in [2.05, 4.69) is 10.3 Å². The molecule has 2 amide bonds. The Morgan fingerprint density at radius 1 is 1.07 bits per heavy atom. The highest BCUT2D eigenvalue weighted by molar-refractivity contribution is 6.04. The number of nitrogens with one attached hydrogen (secondary N) is 1. The average Bonchev–Trinajstić information content (AvgIpc) is 3.24. The van der Waals surface area contributed by atoms with E-state index in [4.69, 9.17) is 9.47 Å². The highest BCUT2D eigenvalue weighted by Gasteiger charge is 2.43. The molecule has 2 aromatic carbocycles. The molecule has 7 nitrogen and oxygen atoms in total. The van der Waals surface area contributed by atoms with E-state index in [1.807, 2.05) is 36.4 Å². The van der Waals surface area contributed by atoms with Crippen molar-refractivity contribution in [2.45, 2.75) is 12.0 Å². The van der Waals surface area contributed by atoms with Gasteiger partial charge < -0.3 is 19.7 Å². The van der Waals surface area contributed by atoms with Gasteiger partial charge in [-0.2, -0.15) is 0 Å².